The maximum Gasteiger partial charge on any atom is 0.319 e. The Balaban J connectivity index is 1.91. The lowest BCUT2D eigenvalue weighted by Crippen LogP contribution is -2.44. The fourth-order valence-corrected chi connectivity index (χ4v) is 3.14. The zero-order chi connectivity index (χ0) is 17.3. The molecule has 2 aliphatic heterocycles. The highest BCUT2D eigenvalue weighted by molar-refractivity contribution is 6.01. The number of amides is 3. The third kappa shape index (κ3) is 2.88. The van der Waals surface area contributed by atoms with E-state index in [9.17, 15) is 9.59 Å². The molecule has 2 aliphatic rings. The number of nitrogens with one attached hydrogen (secondary N) is 2. The van der Waals surface area contributed by atoms with Crippen LogP contribution < -0.4 is 10.6 Å². The molecule has 0 saturated heterocycles. The van der Waals surface area contributed by atoms with Gasteiger partial charge in [0.05, 0.1) is 30.4 Å². The SMILES string of the molecule is COC(CN1CC2=C(C1=O)[C@@H](c1ccccc1C)NC(=O)N2)OC. The maximum atomic E-state index is 12.9. The Morgan fingerprint density at radius 2 is 1.96 bits per heavy atom. The minimum Gasteiger partial charge on any atom is -0.354 e. The summed E-state index contributed by atoms with van der Waals surface area (Å²) in [6.45, 7) is 2.61. The van der Waals surface area contributed by atoms with E-state index < -0.39 is 12.3 Å². The Kier molecular flexibility index (Phi) is 4.55. The predicted octanol–water partition coefficient (Wildman–Crippen LogP) is 1.06. The lowest BCUT2D eigenvalue weighted by Gasteiger charge is -2.26. The van der Waals surface area contributed by atoms with Gasteiger partial charge in [-0.1, -0.05) is 24.3 Å². The maximum absolute atomic E-state index is 12.9. The summed E-state index contributed by atoms with van der Waals surface area (Å²) >= 11 is 0. The van der Waals surface area contributed by atoms with Gasteiger partial charge >= 0.3 is 6.03 Å². The van der Waals surface area contributed by atoms with E-state index in [1.165, 1.54) is 14.2 Å². The topological polar surface area (TPSA) is 79.9 Å². The Hall–Kier alpha value is -2.38. The molecule has 24 heavy (non-hydrogen) atoms. The summed E-state index contributed by atoms with van der Waals surface area (Å²) in [5, 5.41) is 5.61. The molecule has 1 aromatic rings. The molecule has 0 spiro atoms. The number of methoxy groups -OCH3 is 2. The average Bonchev–Trinajstić information content (AvgIpc) is 2.88. The molecule has 7 heteroatoms. The van der Waals surface area contributed by atoms with Crippen molar-refractivity contribution >= 4 is 11.9 Å². The Labute approximate surface area is 140 Å². The summed E-state index contributed by atoms with van der Waals surface area (Å²) < 4.78 is 10.4. The van der Waals surface area contributed by atoms with Crippen molar-refractivity contribution in [2.75, 3.05) is 27.3 Å². The lowest BCUT2D eigenvalue weighted by molar-refractivity contribution is -0.140. The fourth-order valence-electron chi connectivity index (χ4n) is 3.14. The molecule has 0 saturated carbocycles. The van der Waals surface area contributed by atoms with Crippen LogP contribution in [0.5, 0.6) is 0 Å². The van der Waals surface area contributed by atoms with Gasteiger partial charge in [0.15, 0.2) is 6.29 Å². The Morgan fingerprint density at radius 1 is 1.25 bits per heavy atom. The highest BCUT2D eigenvalue weighted by atomic mass is 16.7. The van der Waals surface area contributed by atoms with Crippen LogP contribution in [-0.4, -0.2) is 50.4 Å². The van der Waals surface area contributed by atoms with Crippen LogP contribution in [0.4, 0.5) is 4.79 Å². The predicted molar refractivity (Wildman–Crippen MR) is 87.0 cm³/mol. The number of rotatable bonds is 5. The van der Waals surface area contributed by atoms with Crippen molar-refractivity contribution in [1.29, 1.82) is 0 Å². The number of urea groups is 1. The van der Waals surface area contributed by atoms with Crippen molar-refractivity contribution in [3.05, 3.63) is 46.7 Å². The standard InChI is InChI=1S/C17H21N3O4/c1-10-6-4-5-7-11(10)15-14-12(18-17(22)19-15)8-20(16(14)21)9-13(23-2)24-3/h4-7,13,15H,8-9H2,1-3H3,(H2,18,19,22)/t15-/m1/s1. The van der Waals surface area contributed by atoms with E-state index in [0.29, 0.717) is 24.4 Å². The number of hydrogen-bond donors (Lipinski definition) is 2. The van der Waals surface area contributed by atoms with Crippen LogP contribution in [0.3, 0.4) is 0 Å². The monoisotopic (exact) mass is 331 g/mol. The summed E-state index contributed by atoms with van der Waals surface area (Å²) in [5.74, 6) is -0.121. The third-order valence-electron chi connectivity index (χ3n) is 4.41. The number of nitrogens with zero attached hydrogens (tertiary/aromatic N) is 1. The van der Waals surface area contributed by atoms with Crippen LogP contribution in [0.2, 0.25) is 0 Å². The highest BCUT2D eigenvalue weighted by Crippen LogP contribution is 2.33. The molecule has 128 valence electrons. The summed E-state index contributed by atoms with van der Waals surface area (Å²) in [5.41, 5.74) is 3.16. The van der Waals surface area contributed by atoms with Crippen LogP contribution in [-0.2, 0) is 14.3 Å². The Bertz CT molecular complexity index is 697. The van der Waals surface area contributed by atoms with E-state index in [2.05, 4.69) is 10.6 Å². The van der Waals surface area contributed by atoms with Crippen molar-refractivity contribution in [3.63, 3.8) is 0 Å². The van der Waals surface area contributed by atoms with Gasteiger partial charge in [-0.3, -0.25) is 4.79 Å². The van der Waals surface area contributed by atoms with Crippen molar-refractivity contribution in [3.8, 4) is 0 Å². The minimum absolute atomic E-state index is 0.121. The molecule has 0 fully saturated rings. The van der Waals surface area contributed by atoms with Crippen LogP contribution in [0.15, 0.2) is 35.5 Å². The molecule has 0 radical (unpaired) electrons. The Morgan fingerprint density at radius 3 is 2.62 bits per heavy atom. The van der Waals surface area contributed by atoms with Gasteiger partial charge in [0.1, 0.15) is 0 Å². The summed E-state index contributed by atoms with van der Waals surface area (Å²) in [7, 11) is 3.06. The summed E-state index contributed by atoms with van der Waals surface area (Å²) in [6.07, 6.45) is -0.504. The molecule has 1 aromatic carbocycles. The largest absolute Gasteiger partial charge is 0.354 e. The van der Waals surface area contributed by atoms with E-state index in [-0.39, 0.29) is 11.9 Å². The van der Waals surface area contributed by atoms with Gasteiger partial charge in [0.2, 0.25) is 0 Å². The minimum atomic E-state index is -0.504. The quantitative estimate of drug-likeness (QED) is 0.791. The van der Waals surface area contributed by atoms with E-state index in [4.69, 9.17) is 9.47 Å². The van der Waals surface area contributed by atoms with Gasteiger partial charge in [-0.2, -0.15) is 0 Å². The molecular formula is C17H21N3O4. The second kappa shape index (κ2) is 6.62. The van der Waals surface area contributed by atoms with Crippen LogP contribution in [0.1, 0.15) is 17.2 Å². The number of ether oxygens (including phenoxy) is 2. The van der Waals surface area contributed by atoms with E-state index in [0.717, 1.165) is 11.1 Å². The zero-order valence-electron chi connectivity index (χ0n) is 14.0. The van der Waals surface area contributed by atoms with Gasteiger partial charge in [-0.15, -0.1) is 0 Å². The smallest absolute Gasteiger partial charge is 0.319 e. The van der Waals surface area contributed by atoms with Crippen molar-refractivity contribution in [2.24, 2.45) is 0 Å². The van der Waals surface area contributed by atoms with E-state index in [1.807, 2.05) is 31.2 Å². The highest BCUT2D eigenvalue weighted by Gasteiger charge is 2.41. The molecule has 3 rings (SSSR count). The molecule has 3 amide bonds. The zero-order valence-corrected chi connectivity index (χ0v) is 14.0. The molecular weight excluding hydrogens is 310 g/mol. The second-order valence-corrected chi connectivity index (χ2v) is 5.87. The fraction of sp³-hybridized carbons (Fsp3) is 0.412. The number of hydrogen-bond acceptors (Lipinski definition) is 4. The first-order valence-electron chi connectivity index (χ1n) is 7.76. The van der Waals surface area contributed by atoms with Gasteiger partial charge in [0.25, 0.3) is 5.91 Å². The summed E-state index contributed by atoms with van der Waals surface area (Å²) in [4.78, 5) is 26.5. The van der Waals surface area contributed by atoms with Crippen molar-refractivity contribution in [2.45, 2.75) is 19.3 Å². The van der Waals surface area contributed by atoms with Gasteiger partial charge in [-0.05, 0) is 18.1 Å². The molecule has 7 nitrogen and oxygen atoms in total. The number of benzene rings is 1. The van der Waals surface area contributed by atoms with Gasteiger partial charge in [-0.25, -0.2) is 4.79 Å². The molecule has 2 heterocycles. The first-order valence-corrected chi connectivity index (χ1v) is 7.76. The third-order valence-corrected chi connectivity index (χ3v) is 4.41. The molecule has 2 N–H and O–H groups in total. The van der Waals surface area contributed by atoms with Crippen LogP contribution >= 0.6 is 0 Å². The van der Waals surface area contributed by atoms with Gasteiger partial charge in [0, 0.05) is 14.2 Å². The van der Waals surface area contributed by atoms with E-state index in [1.54, 1.807) is 4.90 Å². The van der Waals surface area contributed by atoms with Crippen LogP contribution in [0.25, 0.3) is 0 Å². The number of aryl methyl sites for hydroxylation is 1. The number of carbonyl (C=O) groups is 2. The van der Waals surface area contributed by atoms with Gasteiger partial charge < -0.3 is 25.0 Å². The molecule has 0 aliphatic carbocycles. The lowest BCUT2D eigenvalue weighted by atomic mass is 9.93. The van der Waals surface area contributed by atoms with Crippen molar-refractivity contribution < 1.29 is 19.1 Å². The molecule has 0 aromatic heterocycles. The second-order valence-electron chi connectivity index (χ2n) is 5.87. The first-order chi connectivity index (χ1) is 11.5. The molecule has 1 atom stereocenters. The average molecular weight is 331 g/mol. The summed E-state index contributed by atoms with van der Waals surface area (Å²) in [6, 6.07) is 6.98. The molecule has 0 bridgehead atoms. The van der Waals surface area contributed by atoms with Crippen molar-refractivity contribution in [1.82, 2.24) is 15.5 Å². The number of carbonyl (C=O) groups excluding carboxylic acids is 2. The normalized spacial score (nSPS) is 20.3. The molecule has 0 unspecified atom stereocenters. The van der Waals surface area contributed by atoms with Crippen LogP contribution in [0, 0.1) is 6.92 Å². The first kappa shape index (κ1) is 16.5. The van der Waals surface area contributed by atoms with E-state index >= 15 is 0 Å².